The summed E-state index contributed by atoms with van der Waals surface area (Å²) in [7, 11) is 0. The van der Waals surface area contributed by atoms with Gasteiger partial charge >= 0.3 is 0 Å². The second-order valence-corrected chi connectivity index (χ2v) is 8.40. The standard InChI is InChI=1S/C27H24N4/c1-17-20-12-7-8-14-22(20)27(28-17)24-15-19-11-5-6-13-21(19)26(29-24)25-16-23(30-31-25)18-9-3-2-4-10-18/h2-6,9-11,13,15-16,28H,7-8,12,14H2,1H3,(H,30,31). The van der Waals surface area contributed by atoms with Crippen molar-refractivity contribution in [2.24, 2.45) is 0 Å². The van der Waals surface area contributed by atoms with Gasteiger partial charge in [-0.2, -0.15) is 5.10 Å². The van der Waals surface area contributed by atoms with E-state index < -0.39 is 0 Å². The van der Waals surface area contributed by atoms with Gasteiger partial charge in [-0.1, -0.05) is 54.6 Å². The van der Waals surface area contributed by atoms with Crippen LogP contribution in [0.5, 0.6) is 0 Å². The fourth-order valence-corrected chi connectivity index (χ4v) is 4.88. The number of H-pyrrole nitrogens is 2. The molecule has 4 nitrogen and oxygen atoms in total. The molecule has 152 valence electrons. The summed E-state index contributed by atoms with van der Waals surface area (Å²) in [4.78, 5) is 8.82. The minimum atomic E-state index is 0.931. The monoisotopic (exact) mass is 404 g/mol. The van der Waals surface area contributed by atoms with E-state index in [2.05, 4.69) is 70.6 Å². The van der Waals surface area contributed by atoms with Crippen molar-refractivity contribution in [2.45, 2.75) is 32.6 Å². The van der Waals surface area contributed by atoms with E-state index in [9.17, 15) is 0 Å². The predicted molar refractivity (Wildman–Crippen MR) is 126 cm³/mol. The van der Waals surface area contributed by atoms with Crippen LogP contribution in [-0.4, -0.2) is 20.2 Å². The van der Waals surface area contributed by atoms with Crippen molar-refractivity contribution < 1.29 is 0 Å². The number of hydrogen-bond acceptors (Lipinski definition) is 2. The predicted octanol–water partition coefficient (Wildman–Crippen LogP) is 6.47. The number of fused-ring (bicyclic) bond motifs is 2. The summed E-state index contributed by atoms with van der Waals surface area (Å²) in [6, 6.07) is 23.0. The Hall–Kier alpha value is -3.66. The Bertz CT molecular complexity index is 1390. The zero-order valence-electron chi connectivity index (χ0n) is 17.6. The largest absolute Gasteiger partial charge is 0.357 e. The van der Waals surface area contributed by atoms with Crippen LogP contribution in [0.1, 0.15) is 29.7 Å². The fourth-order valence-electron chi connectivity index (χ4n) is 4.88. The first-order valence-electron chi connectivity index (χ1n) is 11.0. The highest BCUT2D eigenvalue weighted by Crippen LogP contribution is 2.36. The molecule has 2 aromatic carbocycles. The quantitative estimate of drug-likeness (QED) is 0.362. The van der Waals surface area contributed by atoms with E-state index in [0.717, 1.165) is 40.1 Å². The number of aromatic nitrogens is 4. The number of nitrogens with zero attached hydrogens (tertiary/aromatic N) is 2. The van der Waals surface area contributed by atoms with Crippen LogP contribution in [0.25, 0.3) is 44.8 Å². The summed E-state index contributed by atoms with van der Waals surface area (Å²) < 4.78 is 0. The van der Waals surface area contributed by atoms with Gasteiger partial charge in [-0.15, -0.1) is 0 Å². The maximum atomic E-state index is 5.17. The Balaban J connectivity index is 1.54. The topological polar surface area (TPSA) is 57.4 Å². The number of rotatable bonds is 3. The smallest absolute Gasteiger partial charge is 0.0967 e. The van der Waals surface area contributed by atoms with Gasteiger partial charge in [0.2, 0.25) is 0 Å². The molecule has 0 aliphatic heterocycles. The van der Waals surface area contributed by atoms with E-state index in [1.54, 1.807) is 0 Å². The third-order valence-electron chi connectivity index (χ3n) is 6.43. The van der Waals surface area contributed by atoms with Crippen LogP contribution >= 0.6 is 0 Å². The molecule has 0 atom stereocenters. The van der Waals surface area contributed by atoms with Gasteiger partial charge in [-0.25, -0.2) is 4.98 Å². The number of aromatic amines is 2. The molecule has 0 radical (unpaired) electrons. The normalized spacial score (nSPS) is 13.5. The maximum absolute atomic E-state index is 5.17. The van der Waals surface area contributed by atoms with Crippen molar-refractivity contribution in [1.29, 1.82) is 0 Å². The number of hydrogen-bond donors (Lipinski definition) is 2. The highest BCUT2D eigenvalue weighted by Gasteiger charge is 2.21. The molecule has 0 saturated carbocycles. The van der Waals surface area contributed by atoms with Gasteiger partial charge in [-0.3, -0.25) is 5.10 Å². The molecule has 3 aromatic heterocycles. The molecule has 5 aromatic rings. The minimum absolute atomic E-state index is 0.931. The Morgan fingerprint density at radius 1 is 0.806 bits per heavy atom. The van der Waals surface area contributed by atoms with E-state index in [0.29, 0.717) is 0 Å². The van der Waals surface area contributed by atoms with Crippen LogP contribution in [-0.2, 0) is 12.8 Å². The van der Waals surface area contributed by atoms with E-state index in [1.807, 2.05) is 18.2 Å². The van der Waals surface area contributed by atoms with Gasteiger partial charge < -0.3 is 4.98 Å². The van der Waals surface area contributed by atoms with Crippen LogP contribution in [0.3, 0.4) is 0 Å². The average Bonchev–Trinajstić information content (AvgIpc) is 3.45. The maximum Gasteiger partial charge on any atom is 0.0967 e. The van der Waals surface area contributed by atoms with Crippen molar-refractivity contribution in [2.75, 3.05) is 0 Å². The van der Waals surface area contributed by atoms with Gasteiger partial charge in [0, 0.05) is 16.6 Å². The van der Waals surface area contributed by atoms with Crippen molar-refractivity contribution in [3.8, 4) is 34.0 Å². The molecule has 0 bridgehead atoms. The third kappa shape index (κ3) is 3.07. The lowest BCUT2D eigenvalue weighted by Crippen LogP contribution is -2.02. The summed E-state index contributed by atoms with van der Waals surface area (Å²) in [6.07, 6.45) is 4.82. The third-order valence-corrected chi connectivity index (χ3v) is 6.43. The molecular formula is C27H24N4. The molecular weight excluding hydrogens is 380 g/mol. The molecule has 31 heavy (non-hydrogen) atoms. The van der Waals surface area contributed by atoms with E-state index in [4.69, 9.17) is 4.98 Å². The van der Waals surface area contributed by atoms with Crippen LogP contribution < -0.4 is 0 Å². The van der Waals surface area contributed by atoms with Crippen molar-refractivity contribution in [1.82, 2.24) is 20.2 Å². The first kappa shape index (κ1) is 18.1. The molecule has 0 spiro atoms. The number of benzene rings is 2. The molecule has 0 fully saturated rings. The van der Waals surface area contributed by atoms with Crippen LogP contribution in [0.15, 0.2) is 66.7 Å². The lowest BCUT2D eigenvalue weighted by Gasteiger charge is -2.14. The zero-order chi connectivity index (χ0) is 20.8. The summed E-state index contributed by atoms with van der Waals surface area (Å²) >= 11 is 0. The fraction of sp³-hybridized carbons (Fsp3) is 0.185. The van der Waals surface area contributed by atoms with Gasteiger partial charge in [0.05, 0.1) is 28.5 Å². The molecule has 2 N–H and O–H groups in total. The lowest BCUT2D eigenvalue weighted by molar-refractivity contribution is 0.688. The summed E-state index contributed by atoms with van der Waals surface area (Å²) in [5, 5.41) is 10.1. The molecule has 0 unspecified atom stereocenters. The second-order valence-electron chi connectivity index (χ2n) is 8.40. The van der Waals surface area contributed by atoms with Gasteiger partial charge in [0.25, 0.3) is 0 Å². The van der Waals surface area contributed by atoms with E-state index >= 15 is 0 Å². The summed E-state index contributed by atoms with van der Waals surface area (Å²) in [6.45, 7) is 2.19. The van der Waals surface area contributed by atoms with Crippen molar-refractivity contribution >= 4 is 10.8 Å². The SMILES string of the molecule is Cc1[nH]c(-c2cc3ccccc3c(-c3cc(-c4ccccc4)n[nH]3)n2)c2c1CCCC2. The Morgan fingerprint density at radius 3 is 2.45 bits per heavy atom. The molecule has 6 rings (SSSR count). The van der Waals surface area contributed by atoms with E-state index in [-0.39, 0.29) is 0 Å². The van der Waals surface area contributed by atoms with E-state index in [1.165, 1.54) is 47.2 Å². The molecule has 1 aliphatic rings. The highest BCUT2D eigenvalue weighted by atomic mass is 15.1. The van der Waals surface area contributed by atoms with Crippen molar-refractivity contribution in [3.63, 3.8) is 0 Å². The lowest BCUT2D eigenvalue weighted by atomic mass is 9.91. The summed E-state index contributed by atoms with van der Waals surface area (Å²) in [5.74, 6) is 0. The highest BCUT2D eigenvalue weighted by molar-refractivity contribution is 5.96. The Labute approximate surface area is 181 Å². The molecule has 3 heterocycles. The minimum Gasteiger partial charge on any atom is -0.357 e. The first-order valence-corrected chi connectivity index (χ1v) is 11.0. The number of pyridine rings is 1. The number of nitrogens with one attached hydrogen (secondary N) is 2. The second kappa shape index (κ2) is 7.24. The van der Waals surface area contributed by atoms with Crippen LogP contribution in [0.2, 0.25) is 0 Å². The summed E-state index contributed by atoms with van der Waals surface area (Å²) in [5.41, 5.74) is 10.3. The Kier molecular flexibility index (Phi) is 4.23. The van der Waals surface area contributed by atoms with Crippen LogP contribution in [0.4, 0.5) is 0 Å². The molecule has 1 aliphatic carbocycles. The zero-order valence-corrected chi connectivity index (χ0v) is 17.6. The van der Waals surface area contributed by atoms with Gasteiger partial charge in [-0.05, 0) is 61.3 Å². The Morgan fingerprint density at radius 2 is 1.58 bits per heavy atom. The molecule has 4 heteroatoms. The number of aryl methyl sites for hydroxylation is 1. The first-order chi connectivity index (χ1) is 15.3. The van der Waals surface area contributed by atoms with Gasteiger partial charge in [0.1, 0.15) is 0 Å². The van der Waals surface area contributed by atoms with Crippen molar-refractivity contribution in [3.05, 3.63) is 83.6 Å². The van der Waals surface area contributed by atoms with Crippen LogP contribution in [0, 0.1) is 6.92 Å². The van der Waals surface area contributed by atoms with Gasteiger partial charge in [0.15, 0.2) is 0 Å². The molecule has 0 amide bonds. The molecule has 0 saturated heterocycles. The average molecular weight is 405 g/mol.